The van der Waals surface area contributed by atoms with Crippen LogP contribution in [0.1, 0.15) is 22.5 Å². The minimum absolute atomic E-state index is 0.840. The average molecular weight is 330 g/mol. The molecule has 2 aromatic heterocycles. The molecule has 1 aromatic carbocycles. The standard InChI is InChI=1S/C16H18N4S2/c1-4-20-15(13-8-6-5-7-9-13)18-19-16(20)21-10-14-17-11(2)12(3)22-14/h5-9H,4,10H2,1-3H3. The number of aryl methyl sites for hydroxylation is 2. The normalized spacial score (nSPS) is 11.0. The molecule has 6 heteroatoms. The van der Waals surface area contributed by atoms with Gasteiger partial charge >= 0.3 is 0 Å². The maximum atomic E-state index is 4.59. The monoisotopic (exact) mass is 330 g/mol. The van der Waals surface area contributed by atoms with Crippen LogP contribution >= 0.6 is 23.1 Å². The summed E-state index contributed by atoms with van der Waals surface area (Å²) < 4.78 is 2.16. The summed E-state index contributed by atoms with van der Waals surface area (Å²) >= 11 is 3.46. The van der Waals surface area contributed by atoms with Crippen molar-refractivity contribution in [2.24, 2.45) is 0 Å². The zero-order chi connectivity index (χ0) is 15.5. The summed E-state index contributed by atoms with van der Waals surface area (Å²) in [4.78, 5) is 5.88. The van der Waals surface area contributed by atoms with Crippen LogP contribution in [0, 0.1) is 13.8 Å². The van der Waals surface area contributed by atoms with Crippen molar-refractivity contribution in [3.8, 4) is 11.4 Å². The SMILES string of the molecule is CCn1c(SCc2nc(C)c(C)s2)nnc1-c1ccccc1. The number of thioether (sulfide) groups is 1. The molecule has 0 radical (unpaired) electrons. The molecule has 0 saturated carbocycles. The van der Waals surface area contributed by atoms with Crippen LogP contribution in [0.5, 0.6) is 0 Å². The van der Waals surface area contributed by atoms with Crippen LogP contribution in [0.25, 0.3) is 11.4 Å². The minimum atomic E-state index is 0.840. The molecule has 22 heavy (non-hydrogen) atoms. The quantitative estimate of drug-likeness (QED) is 0.653. The van der Waals surface area contributed by atoms with Gasteiger partial charge in [-0.2, -0.15) is 0 Å². The van der Waals surface area contributed by atoms with Crippen molar-refractivity contribution >= 4 is 23.1 Å². The topological polar surface area (TPSA) is 43.6 Å². The van der Waals surface area contributed by atoms with Crippen LogP contribution in [-0.2, 0) is 12.3 Å². The fourth-order valence-electron chi connectivity index (χ4n) is 2.21. The number of hydrogen-bond donors (Lipinski definition) is 0. The Bertz CT molecular complexity index is 742. The summed E-state index contributed by atoms with van der Waals surface area (Å²) in [5.74, 6) is 1.77. The number of rotatable bonds is 5. The highest BCUT2D eigenvalue weighted by Gasteiger charge is 2.14. The molecule has 3 rings (SSSR count). The molecule has 0 amide bonds. The minimum Gasteiger partial charge on any atom is -0.302 e. The Morgan fingerprint density at radius 3 is 2.55 bits per heavy atom. The molecule has 3 aromatic rings. The summed E-state index contributed by atoms with van der Waals surface area (Å²) in [6, 6.07) is 10.2. The molecule has 0 atom stereocenters. The molecule has 0 fully saturated rings. The summed E-state index contributed by atoms with van der Waals surface area (Å²) in [6.07, 6.45) is 0. The van der Waals surface area contributed by atoms with Crippen molar-refractivity contribution in [3.05, 3.63) is 45.9 Å². The van der Waals surface area contributed by atoms with Crippen LogP contribution in [0.15, 0.2) is 35.5 Å². The van der Waals surface area contributed by atoms with E-state index in [1.165, 1.54) is 4.88 Å². The van der Waals surface area contributed by atoms with Crippen LogP contribution in [0.2, 0.25) is 0 Å². The van der Waals surface area contributed by atoms with E-state index >= 15 is 0 Å². The van der Waals surface area contributed by atoms with Crippen LogP contribution < -0.4 is 0 Å². The fraction of sp³-hybridized carbons (Fsp3) is 0.312. The second kappa shape index (κ2) is 6.62. The Hall–Kier alpha value is -1.66. The van der Waals surface area contributed by atoms with Gasteiger partial charge in [0, 0.05) is 17.0 Å². The molecule has 0 bridgehead atoms. The molecule has 0 aliphatic carbocycles. The molecular formula is C16H18N4S2. The molecule has 0 spiro atoms. The predicted octanol–water partition coefficient (Wildman–Crippen LogP) is 4.33. The Kier molecular flexibility index (Phi) is 4.59. The van der Waals surface area contributed by atoms with Crippen LogP contribution in [0.3, 0.4) is 0 Å². The first kappa shape index (κ1) is 15.2. The molecule has 2 heterocycles. The van der Waals surface area contributed by atoms with E-state index in [9.17, 15) is 0 Å². The molecule has 0 aliphatic heterocycles. The lowest BCUT2D eigenvalue weighted by Gasteiger charge is -2.06. The second-order valence-corrected chi connectivity index (χ2v) is 7.18. The molecule has 0 saturated heterocycles. The average Bonchev–Trinajstić information content (AvgIpc) is 3.09. The van der Waals surface area contributed by atoms with Crippen LogP contribution in [-0.4, -0.2) is 19.7 Å². The van der Waals surface area contributed by atoms with Gasteiger partial charge in [0.2, 0.25) is 0 Å². The van der Waals surface area contributed by atoms with E-state index in [1.807, 2.05) is 18.2 Å². The van der Waals surface area contributed by atoms with Crippen LogP contribution in [0.4, 0.5) is 0 Å². The van der Waals surface area contributed by atoms with Gasteiger partial charge in [-0.3, -0.25) is 0 Å². The zero-order valence-corrected chi connectivity index (χ0v) is 14.5. The van der Waals surface area contributed by atoms with Crippen molar-refractivity contribution in [1.82, 2.24) is 19.7 Å². The van der Waals surface area contributed by atoms with E-state index in [0.717, 1.165) is 39.5 Å². The van der Waals surface area contributed by atoms with Crippen molar-refractivity contribution in [3.63, 3.8) is 0 Å². The molecule has 114 valence electrons. The molecule has 0 aliphatic rings. The van der Waals surface area contributed by atoms with E-state index in [4.69, 9.17) is 0 Å². The molecule has 4 nitrogen and oxygen atoms in total. The highest BCUT2D eigenvalue weighted by molar-refractivity contribution is 7.98. The summed E-state index contributed by atoms with van der Waals surface area (Å²) in [5, 5.41) is 10.8. The lowest BCUT2D eigenvalue weighted by atomic mass is 10.2. The van der Waals surface area contributed by atoms with Crippen molar-refractivity contribution < 1.29 is 0 Å². The van der Waals surface area contributed by atoms with Crippen molar-refractivity contribution in [1.29, 1.82) is 0 Å². The zero-order valence-electron chi connectivity index (χ0n) is 12.9. The van der Waals surface area contributed by atoms with Gasteiger partial charge in [-0.15, -0.1) is 21.5 Å². The van der Waals surface area contributed by atoms with E-state index < -0.39 is 0 Å². The van der Waals surface area contributed by atoms with E-state index in [2.05, 4.69) is 52.7 Å². The van der Waals surface area contributed by atoms with Gasteiger partial charge < -0.3 is 4.57 Å². The largest absolute Gasteiger partial charge is 0.302 e. The summed E-state index contributed by atoms with van der Waals surface area (Å²) in [6.45, 7) is 7.15. The lowest BCUT2D eigenvalue weighted by Crippen LogP contribution is -1.99. The van der Waals surface area contributed by atoms with Gasteiger partial charge in [0.05, 0.1) is 11.4 Å². The summed E-state index contributed by atoms with van der Waals surface area (Å²) in [5.41, 5.74) is 2.23. The Morgan fingerprint density at radius 1 is 1.14 bits per heavy atom. The van der Waals surface area contributed by atoms with Gasteiger partial charge in [0.1, 0.15) is 5.01 Å². The Labute approximate surface area is 138 Å². The van der Waals surface area contributed by atoms with E-state index in [0.29, 0.717) is 0 Å². The fourth-order valence-corrected chi connectivity index (χ4v) is 4.14. The second-order valence-electron chi connectivity index (χ2n) is 4.95. The highest BCUT2D eigenvalue weighted by Crippen LogP contribution is 2.28. The lowest BCUT2D eigenvalue weighted by molar-refractivity contribution is 0.687. The highest BCUT2D eigenvalue weighted by atomic mass is 32.2. The van der Waals surface area contributed by atoms with E-state index in [1.54, 1.807) is 23.1 Å². The number of thiazole rings is 1. The Morgan fingerprint density at radius 2 is 1.91 bits per heavy atom. The Balaban J connectivity index is 1.81. The van der Waals surface area contributed by atoms with E-state index in [-0.39, 0.29) is 0 Å². The number of hydrogen-bond acceptors (Lipinski definition) is 5. The van der Waals surface area contributed by atoms with Gasteiger partial charge in [0.15, 0.2) is 11.0 Å². The predicted molar refractivity (Wildman–Crippen MR) is 92.3 cm³/mol. The first-order valence-corrected chi connectivity index (χ1v) is 9.03. The smallest absolute Gasteiger partial charge is 0.191 e. The van der Waals surface area contributed by atoms with Crippen molar-refractivity contribution in [2.45, 2.75) is 38.2 Å². The number of aromatic nitrogens is 4. The number of nitrogens with zero attached hydrogens (tertiary/aromatic N) is 4. The molecule has 0 unspecified atom stereocenters. The van der Waals surface area contributed by atoms with Gasteiger partial charge in [0.25, 0.3) is 0 Å². The van der Waals surface area contributed by atoms with Gasteiger partial charge in [-0.1, -0.05) is 42.1 Å². The molecule has 0 N–H and O–H groups in total. The summed E-state index contributed by atoms with van der Waals surface area (Å²) in [7, 11) is 0. The molecular weight excluding hydrogens is 312 g/mol. The first-order valence-electron chi connectivity index (χ1n) is 7.23. The number of benzene rings is 1. The van der Waals surface area contributed by atoms with Gasteiger partial charge in [-0.25, -0.2) is 4.98 Å². The van der Waals surface area contributed by atoms with Crippen molar-refractivity contribution in [2.75, 3.05) is 0 Å². The third-order valence-corrected chi connectivity index (χ3v) is 5.70. The third-order valence-electron chi connectivity index (χ3n) is 3.46. The third kappa shape index (κ3) is 3.08. The first-order chi connectivity index (χ1) is 10.7. The van der Waals surface area contributed by atoms with Gasteiger partial charge in [-0.05, 0) is 20.8 Å². The maximum Gasteiger partial charge on any atom is 0.191 e. The maximum absolute atomic E-state index is 4.59.